The topological polar surface area (TPSA) is 114 Å². The minimum Gasteiger partial charge on any atom is -0.396 e. The van der Waals surface area contributed by atoms with Crippen LogP contribution in [0, 0.1) is 17.6 Å². The molecule has 2 heterocycles. The Kier molecular flexibility index (Phi) is 7.82. The Bertz CT molecular complexity index is 1320. The number of aliphatic hydroxyl groups excluding tert-OH is 1. The van der Waals surface area contributed by atoms with E-state index in [0.29, 0.717) is 12.1 Å². The number of anilines is 1. The van der Waals surface area contributed by atoms with Crippen LogP contribution in [0.5, 0.6) is 0 Å². The Labute approximate surface area is 193 Å². The first kappa shape index (κ1) is 24.8. The summed E-state index contributed by atoms with van der Waals surface area (Å²) in [4.78, 5) is 20.0. The Balaban J connectivity index is 1.91. The molecule has 3 aromatic rings. The molecule has 3 rings (SSSR count). The molecule has 0 saturated carbocycles. The van der Waals surface area contributed by atoms with Crippen molar-refractivity contribution < 1.29 is 22.3 Å². The maximum Gasteiger partial charge on any atom is 0.264 e. The lowest BCUT2D eigenvalue weighted by Crippen LogP contribution is -2.20. The van der Waals surface area contributed by atoms with Gasteiger partial charge in [-0.25, -0.2) is 27.2 Å². The molecule has 0 aliphatic carbocycles. The van der Waals surface area contributed by atoms with Crippen LogP contribution in [-0.2, 0) is 29.2 Å². The lowest BCUT2D eigenvalue weighted by molar-refractivity contribution is 0.236. The molecule has 12 heteroatoms. The van der Waals surface area contributed by atoms with Crippen molar-refractivity contribution in [2.75, 3.05) is 11.3 Å². The molecular weight excluding hydrogens is 474 g/mol. The quantitative estimate of drug-likeness (QED) is 0.346. The number of aryl methyl sites for hydroxylation is 1. The number of benzene rings is 1. The molecule has 1 atom stereocenters. The molecule has 0 saturated heterocycles. The van der Waals surface area contributed by atoms with Crippen molar-refractivity contribution in [3.63, 3.8) is 0 Å². The van der Waals surface area contributed by atoms with Gasteiger partial charge in [0.1, 0.15) is 10.7 Å². The second kappa shape index (κ2) is 10.4. The van der Waals surface area contributed by atoms with Gasteiger partial charge in [-0.15, -0.1) is 0 Å². The number of aromatic nitrogens is 3. The maximum absolute atomic E-state index is 14.0. The molecule has 0 bridgehead atoms. The summed E-state index contributed by atoms with van der Waals surface area (Å²) >= 11 is 1.01. The van der Waals surface area contributed by atoms with E-state index in [1.54, 1.807) is 6.92 Å². The van der Waals surface area contributed by atoms with Gasteiger partial charge in [-0.2, -0.15) is 0 Å². The summed E-state index contributed by atoms with van der Waals surface area (Å²) in [7, 11) is -2.64. The van der Waals surface area contributed by atoms with E-state index in [9.17, 15) is 27.1 Å². The van der Waals surface area contributed by atoms with Crippen LogP contribution in [0.3, 0.4) is 0 Å². The van der Waals surface area contributed by atoms with Crippen LogP contribution < -0.4 is 10.3 Å². The van der Waals surface area contributed by atoms with E-state index in [1.165, 1.54) is 37.5 Å². The van der Waals surface area contributed by atoms with Crippen molar-refractivity contribution in [1.29, 1.82) is 0 Å². The fraction of sp³-hybridized carbons (Fsp3) is 0.286. The largest absolute Gasteiger partial charge is 0.396 e. The standard InChI is InChI=1S/C21H22F2N4O4S2/c1-13(11-28)8-15-9-18(26-33(30,31)16-6-7-19(29)27(2)10-16)25-21(24-15)32-12-14-4-3-5-17(22)20(14)23/h3-7,9-10,13,28H,8,11-12H2,1-2H3,(H,24,25,26). The van der Waals surface area contributed by atoms with E-state index in [-0.39, 0.29) is 45.3 Å². The van der Waals surface area contributed by atoms with Crippen molar-refractivity contribution in [3.8, 4) is 0 Å². The summed E-state index contributed by atoms with van der Waals surface area (Å²) in [5.41, 5.74) is 0.219. The second-order valence-corrected chi connectivity index (χ2v) is 10.1. The number of hydrogen-bond donors (Lipinski definition) is 2. The van der Waals surface area contributed by atoms with Gasteiger partial charge in [0, 0.05) is 49.0 Å². The molecule has 0 fully saturated rings. The van der Waals surface area contributed by atoms with Crippen LogP contribution in [-0.4, -0.2) is 34.7 Å². The first-order valence-electron chi connectivity index (χ1n) is 9.83. The van der Waals surface area contributed by atoms with Gasteiger partial charge in [0.2, 0.25) is 5.56 Å². The third-order valence-electron chi connectivity index (χ3n) is 4.62. The van der Waals surface area contributed by atoms with Crippen LogP contribution in [0.4, 0.5) is 14.6 Å². The predicted octanol–water partition coefficient (Wildman–Crippen LogP) is 2.72. The highest BCUT2D eigenvalue weighted by Crippen LogP contribution is 2.25. The Morgan fingerprint density at radius 2 is 1.97 bits per heavy atom. The Morgan fingerprint density at radius 3 is 2.67 bits per heavy atom. The first-order chi connectivity index (χ1) is 15.6. The summed E-state index contributed by atoms with van der Waals surface area (Å²) in [5.74, 6) is -2.08. The van der Waals surface area contributed by atoms with Gasteiger partial charge in [0.05, 0.1) is 0 Å². The number of rotatable bonds is 9. The smallest absolute Gasteiger partial charge is 0.264 e. The van der Waals surface area contributed by atoms with Crippen molar-refractivity contribution >= 4 is 27.6 Å². The lowest BCUT2D eigenvalue weighted by atomic mass is 10.1. The second-order valence-electron chi connectivity index (χ2n) is 7.44. The van der Waals surface area contributed by atoms with E-state index < -0.39 is 21.7 Å². The van der Waals surface area contributed by atoms with Gasteiger partial charge < -0.3 is 9.67 Å². The van der Waals surface area contributed by atoms with Crippen molar-refractivity contribution in [2.45, 2.75) is 29.1 Å². The van der Waals surface area contributed by atoms with Gasteiger partial charge in [0.25, 0.3) is 10.0 Å². The molecule has 0 amide bonds. The number of hydrogen-bond acceptors (Lipinski definition) is 7. The van der Waals surface area contributed by atoms with Gasteiger partial charge in [0.15, 0.2) is 16.8 Å². The summed E-state index contributed by atoms with van der Waals surface area (Å²) < 4.78 is 56.6. The summed E-state index contributed by atoms with van der Waals surface area (Å²) in [6.07, 6.45) is 1.53. The Hall–Kier alpha value is -2.83. The molecule has 0 radical (unpaired) electrons. The average molecular weight is 497 g/mol. The number of halogens is 2. The normalized spacial score (nSPS) is 12.5. The number of nitrogens with zero attached hydrogens (tertiary/aromatic N) is 3. The fourth-order valence-electron chi connectivity index (χ4n) is 2.84. The molecular formula is C21H22F2N4O4S2. The first-order valence-corrected chi connectivity index (χ1v) is 12.3. The molecule has 8 nitrogen and oxygen atoms in total. The Morgan fingerprint density at radius 1 is 1.21 bits per heavy atom. The molecule has 0 aliphatic rings. The zero-order valence-corrected chi connectivity index (χ0v) is 19.5. The highest BCUT2D eigenvalue weighted by Gasteiger charge is 2.18. The lowest BCUT2D eigenvalue weighted by Gasteiger charge is -2.13. The molecule has 0 spiro atoms. The van der Waals surface area contributed by atoms with Crippen molar-refractivity contribution in [2.24, 2.45) is 13.0 Å². The monoisotopic (exact) mass is 496 g/mol. The molecule has 0 aliphatic heterocycles. The number of nitrogens with one attached hydrogen (secondary N) is 1. The minimum atomic E-state index is -4.07. The van der Waals surface area contributed by atoms with Gasteiger partial charge in [-0.1, -0.05) is 30.8 Å². The van der Waals surface area contributed by atoms with E-state index in [0.717, 1.165) is 28.5 Å². The molecule has 2 aromatic heterocycles. The average Bonchev–Trinajstić information content (AvgIpc) is 2.76. The van der Waals surface area contributed by atoms with Gasteiger partial charge in [-0.05, 0) is 24.5 Å². The zero-order chi connectivity index (χ0) is 24.2. The maximum atomic E-state index is 14.0. The number of thioether (sulfide) groups is 1. The summed E-state index contributed by atoms with van der Waals surface area (Å²) in [5, 5.41) is 9.51. The third kappa shape index (κ3) is 6.36. The highest BCUT2D eigenvalue weighted by atomic mass is 32.2. The number of sulfonamides is 1. The molecule has 2 N–H and O–H groups in total. The van der Waals surface area contributed by atoms with Crippen LogP contribution in [0.1, 0.15) is 18.2 Å². The van der Waals surface area contributed by atoms with Crippen molar-refractivity contribution in [1.82, 2.24) is 14.5 Å². The van der Waals surface area contributed by atoms with Gasteiger partial charge in [-0.3, -0.25) is 9.52 Å². The third-order valence-corrected chi connectivity index (χ3v) is 6.86. The fourth-order valence-corrected chi connectivity index (χ4v) is 4.74. The van der Waals surface area contributed by atoms with Crippen LogP contribution in [0.2, 0.25) is 0 Å². The zero-order valence-electron chi connectivity index (χ0n) is 17.8. The molecule has 176 valence electrons. The van der Waals surface area contributed by atoms with Crippen LogP contribution >= 0.6 is 11.8 Å². The van der Waals surface area contributed by atoms with Gasteiger partial charge >= 0.3 is 0 Å². The SMILES string of the molecule is CC(CO)Cc1cc(NS(=O)(=O)c2ccc(=O)n(C)c2)nc(SCc2cccc(F)c2F)n1. The van der Waals surface area contributed by atoms with E-state index in [1.807, 2.05) is 0 Å². The molecule has 33 heavy (non-hydrogen) atoms. The minimum absolute atomic E-state index is 0.0234. The number of pyridine rings is 1. The summed E-state index contributed by atoms with van der Waals surface area (Å²) in [6.45, 7) is 1.70. The molecule has 1 unspecified atom stereocenters. The van der Waals surface area contributed by atoms with E-state index >= 15 is 0 Å². The molecule has 1 aromatic carbocycles. The summed E-state index contributed by atoms with van der Waals surface area (Å²) in [6, 6.07) is 7.61. The number of aliphatic hydroxyl groups is 1. The highest BCUT2D eigenvalue weighted by molar-refractivity contribution is 7.98. The predicted molar refractivity (Wildman–Crippen MR) is 120 cm³/mol. The van der Waals surface area contributed by atoms with E-state index in [4.69, 9.17) is 0 Å². The van der Waals surface area contributed by atoms with Crippen molar-refractivity contribution in [3.05, 3.63) is 75.8 Å². The van der Waals surface area contributed by atoms with Crippen LogP contribution in [0.15, 0.2) is 57.4 Å². The van der Waals surface area contributed by atoms with Crippen LogP contribution in [0.25, 0.3) is 0 Å². The van der Waals surface area contributed by atoms with E-state index in [2.05, 4.69) is 14.7 Å².